The second-order valence-corrected chi connectivity index (χ2v) is 7.63. The summed E-state index contributed by atoms with van der Waals surface area (Å²) in [5.74, 6) is 0.636. The highest BCUT2D eigenvalue weighted by atomic mass is 16.5. The summed E-state index contributed by atoms with van der Waals surface area (Å²) in [4.78, 5) is 26.8. The molecule has 6 heteroatoms. The third-order valence-corrected chi connectivity index (χ3v) is 4.07. The zero-order valence-electron chi connectivity index (χ0n) is 15.4. The number of likely N-dealkylation sites (tertiary alicyclic amines) is 1. The van der Waals surface area contributed by atoms with Gasteiger partial charge in [-0.3, -0.25) is 9.59 Å². The highest BCUT2D eigenvalue weighted by molar-refractivity contribution is 5.97. The van der Waals surface area contributed by atoms with E-state index in [2.05, 4.69) is 5.32 Å². The molecule has 2 amide bonds. The number of carbonyl (C=O) groups is 2. The van der Waals surface area contributed by atoms with Crippen molar-refractivity contribution < 1.29 is 14.3 Å². The van der Waals surface area contributed by atoms with Crippen molar-refractivity contribution in [1.82, 2.24) is 4.90 Å². The molecule has 138 valence electrons. The second-order valence-electron chi connectivity index (χ2n) is 7.63. The third-order valence-electron chi connectivity index (χ3n) is 4.07. The molecule has 0 radical (unpaired) electrons. The fraction of sp³-hybridized carbons (Fsp3) is 0.579. The van der Waals surface area contributed by atoms with Crippen LogP contribution in [0.3, 0.4) is 0 Å². The quantitative estimate of drug-likeness (QED) is 0.827. The largest absolute Gasteiger partial charge is 0.492 e. The first kappa shape index (κ1) is 19.2. The van der Waals surface area contributed by atoms with Crippen molar-refractivity contribution in [2.75, 3.05) is 25.0 Å². The van der Waals surface area contributed by atoms with Gasteiger partial charge in [0, 0.05) is 25.2 Å². The Morgan fingerprint density at radius 2 is 1.96 bits per heavy atom. The minimum atomic E-state index is -0.386. The molecule has 1 atom stereocenters. The molecule has 1 aromatic rings. The molecule has 1 aliphatic rings. The Kier molecular flexibility index (Phi) is 6.42. The van der Waals surface area contributed by atoms with Crippen molar-refractivity contribution in [3.8, 4) is 5.75 Å². The Labute approximate surface area is 149 Å². The lowest BCUT2D eigenvalue weighted by molar-refractivity contribution is -0.138. The SMILES string of the molecule is CC(C)(C)CC(=O)N1CCCC1C(=O)Nc1ccc(OCCN)cc1. The summed E-state index contributed by atoms with van der Waals surface area (Å²) < 4.78 is 5.42. The zero-order chi connectivity index (χ0) is 18.4. The molecule has 0 aromatic heterocycles. The smallest absolute Gasteiger partial charge is 0.247 e. The van der Waals surface area contributed by atoms with E-state index in [9.17, 15) is 9.59 Å². The number of carbonyl (C=O) groups excluding carboxylic acids is 2. The van der Waals surface area contributed by atoms with Crippen LogP contribution in [0.15, 0.2) is 24.3 Å². The van der Waals surface area contributed by atoms with Crippen LogP contribution in [0.1, 0.15) is 40.0 Å². The fourth-order valence-corrected chi connectivity index (χ4v) is 2.93. The van der Waals surface area contributed by atoms with Gasteiger partial charge in [0.2, 0.25) is 11.8 Å². The molecule has 0 aliphatic carbocycles. The van der Waals surface area contributed by atoms with Crippen molar-refractivity contribution in [2.45, 2.75) is 46.1 Å². The predicted molar refractivity (Wildman–Crippen MR) is 98.4 cm³/mol. The Morgan fingerprint density at radius 1 is 1.28 bits per heavy atom. The van der Waals surface area contributed by atoms with Crippen molar-refractivity contribution in [3.05, 3.63) is 24.3 Å². The first-order valence-electron chi connectivity index (χ1n) is 8.83. The van der Waals surface area contributed by atoms with Crippen LogP contribution in [-0.2, 0) is 9.59 Å². The highest BCUT2D eigenvalue weighted by Gasteiger charge is 2.35. The maximum absolute atomic E-state index is 12.6. The fourth-order valence-electron chi connectivity index (χ4n) is 2.93. The van der Waals surface area contributed by atoms with Gasteiger partial charge in [-0.15, -0.1) is 0 Å². The average Bonchev–Trinajstić information content (AvgIpc) is 3.02. The second kappa shape index (κ2) is 8.34. The van der Waals surface area contributed by atoms with E-state index >= 15 is 0 Å². The van der Waals surface area contributed by atoms with Crippen LogP contribution in [-0.4, -0.2) is 42.5 Å². The highest BCUT2D eigenvalue weighted by Crippen LogP contribution is 2.25. The van der Waals surface area contributed by atoms with E-state index in [0.717, 1.165) is 6.42 Å². The van der Waals surface area contributed by atoms with Gasteiger partial charge in [-0.25, -0.2) is 0 Å². The molecular formula is C19H29N3O3. The van der Waals surface area contributed by atoms with Gasteiger partial charge in [0.25, 0.3) is 0 Å². The monoisotopic (exact) mass is 347 g/mol. The number of amides is 2. The summed E-state index contributed by atoms with van der Waals surface area (Å²) >= 11 is 0. The molecule has 0 saturated carbocycles. The molecule has 1 aromatic carbocycles. The van der Waals surface area contributed by atoms with Gasteiger partial charge in [-0.05, 0) is 42.5 Å². The molecule has 1 heterocycles. The maximum atomic E-state index is 12.6. The van der Waals surface area contributed by atoms with Gasteiger partial charge in [0.05, 0.1) is 0 Å². The minimum Gasteiger partial charge on any atom is -0.492 e. The molecule has 0 bridgehead atoms. The van der Waals surface area contributed by atoms with E-state index in [4.69, 9.17) is 10.5 Å². The minimum absolute atomic E-state index is 0.0516. The van der Waals surface area contributed by atoms with Crippen LogP contribution in [0.25, 0.3) is 0 Å². The van der Waals surface area contributed by atoms with E-state index in [-0.39, 0.29) is 23.3 Å². The number of hydrogen-bond donors (Lipinski definition) is 2. The lowest BCUT2D eigenvalue weighted by Gasteiger charge is -2.27. The number of anilines is 1. The van der Waals surface area contributed by atoms with Crippen LogP contribution in [0, 0.1) is 5.41 Å². The molecule has 0 spiro atoms. The molecule has 1 fully saturated rings. The Bertz CT molecular complexity index is 593. The molecule has 3 N–H and O–H groups in total. The summed E-state index contributed by atoms with van der Waals surface area (Å²) in [6, 6.07) is 6.79. The molecular weight excluding hydrogens is 318 g/mol. The van der Waals surface area contributed by atoms with Crippen LogP contribution in [0.2, 0.25) is 0 Å². The van der Waals surface area contributed by atoms with Crippen LogP contribution in [0.5, 0.6) is 5.75 Å². The van der Waals surface area contributed by atoms with Gasteiger partial charge in [0.1, 0.15) is 18.4 Å². The van der Waals surface area contributed by atoms with Crippen LogP contribution in [0.4, 0.5) is 5.69 Å². The molecule has 25 heavy (non-hydrogen) atoms. The molecule has 6 nitrogen and oxygen atoms in total. The number of ether oxygens (including phenoxy) is 1. The van der Waals surface area contributed by atoms with Crippen molar-refractivity contribution in [1.29, 1.82) is 0 Å². The summed E-state index contributed by atoms with van der Waals surface area (Å²) in [5.41, 5.74) is 6.01. The maximum Gasteiger partial charge on any atom is 0.247 e. The van der Waals surface area contributed by atoms with E-state index in [0.29, 0.717) is 44.0 Å². The van der Waals surface area contributed by atoms with Gasteiger partial charge >= 0.3 is 0 Å². The molecule has 2 rings (SSSR count). The Balaban J connectivity index is 1.96. The average molecular weight is 347 g/mol. The number of rotatable bonds is 6. The number of nitrogens with one attached hydrogen (secondary N) is 1. The van der Waals surface area contributed by atoms with Gasteiger partial charge in [-0.2, -0.15) is 0 Å². The predicted octanol–water partition coefficient (Wildman–Crippen LogP) is 2.39. The van der Waals surface area contributed by atoms with Gasteiger partial charge in [0.15, 0.2) is 0 Å². The van der Waals surface area contributed by atoms with Gasteiger partial charge < -0.3 is 20.7 Å². The van der Waals surface area contributed by atoms with E-state index in [1.165, 1.54) is 0 Å². The summed E-state index contributed by atoms with van der Waals surface area (Å²) in [5, 5.41) is 2.90. The lowest BCUT2D eigenvalue weighted by atomic mass is 9.91. The topological polar surface area (TPSA) is 84.7 Å². The summed E-state index contributed by atoms with van der Waals surface area (Å²) in [6.07, 6.45) is 2.02. The van der Waals surface area contributed by atoms with E-state index in [1.807, 2.05) is 20.8 Å². The molecule has 1 saturated heterocycles. The molecule has 1 aliphatic heterocycles. The number of hydrogen-bond acceptors (Lipinski definition) is 4. The lowest BCUT2D eigenvalue weighted by Crippen LogP contribution is -2.44. The van der Waals surface area contributed by atoms with Crippen LogP contribution < -0.4 is 15.8 Å². The first-order valence-corrected chi connectivity index (χ1v) is 8.83. The standard InChI is InChI=1S/C19H29N3O3/c1-19(2,3)13-17(23)22-11-4-5-16(22)18(24)21-14-6-8-15(9-7-14)25-12-10-20/h6-9,16H,4-5,10-13,20H2,1-3H3,(H,21,24). The number of benzene rings is 1. The van der Waals surface area contributed by atoms with Crippen molar-refractivity contribution in [2.24, 2.45) is 11.1 Å². The van der Waals surface area contributed by atoms with E-state index in [1.54, 1.807) is 29.2 Å². The number of nitrogens with two attached hydrogens (primary N) is 1. The summed E-state index contributed by atoms with van der Waals surface area (Å²) in [7, 11) is 0. The summed E-state index contributed by atoms with van der Waals surface area (Å²) in [6.45, 7) is 7.66. The Morgan fingerprint density at radius 3 is 2.56 bits per heavy atom. The number of nitrogens with zero attached hydrogens (tertiary/aromatic N) is 1. The third kappa shape index (κ3) is 5.74. The van der Waals surface area contributed by atoms with E-state index < -0.39 is 0 Å². The van der Waals surface area contributed by atoms with Crippen molar-refractivity contribution in [3.63, 3.8) is 0 Å². The van der Waals surface area contributed by atoms with Crippen molar-refractivity contribution >= 4 is 17.5 Å². The first-order chi connectivity index (χ1) is 11.8. The van der Waals surface area contributed by atoms with Crippen LogP contribution >= 0.6 is 0 Å². The molecule has 1 unspecified atom stereocenters. The normalized spacial score (nSPS) is 17.4. The van der Waals surface area contributed by atoms with Gasteiger partial charge in [-0.1, -0.05) is 20.8 Å². The zero-order valence-corrected chi connectivity index (χ0v) is 15.4. The Hall–Kier alpha value is -2.08.